The maximum Gasteiger partial charge on any atom is 0.142 e. The van der Waals surface area contributed by atoms with Gasteiger partial charge in [-0.25, -0.2) is 4.39 Å². The Morgan fingerprint density at radius 3 is 2.58 bits per heavy atom. The van der Waals surface area contributed by atoms with Gasteiger partial charge in [0.25, 0.3) is 0 Å². The number of rotatable bonds is 2. The molecule has 66 valence electrons. The van der Waals surface area contributed by atoms with E-state index in [9.17, 15) is 4.39 Å². The van der Waals surface area contributed by atoms with Gasteiger partial charge in [0, 0.05) is 6.07 Å². The monoisotopic (exact) mass is 188 g/mol. The van der Waals surface area contributed by atoms with Gasteiger partial charge in [0.05, 0.1) is 11.1 Å². The fraction of sp³-hybridized carbons (Fsp3) is 0.333. The van der Waals surface area contributed by atoms with Gasteiger partial charge in [-0.1, -0.05) is 11.6 Å². The number of halogens is 2. The van der Waals surface area contributed by atoms with Crippen LogP contribution in [0.25, 0.3) is 0 Å². The molecule has 0 saturated heterocycles. The van der Waals surface area contributed by atoms with Crippen molar-refractivity contribution in [3.63, 3.8) is 0 Å². The van der Waals surface area contributed by atoms with Crippen LogP contribution < -0.4 is 4.74 Å². The van der Waals surface area contributed by atoms with Gasteiger partial charge in [0.15, 0.2) is 0 Å². The van der Waals surface area contributed by atoms with E-state index in [1.807, 2.05) is 13.8 Å². The lowest BCUT2D eigenvalue weighted by atomic mass is 10.3. The number of benzene rings is 1. The molecule has 0 aliphatic heterocycles. The van der Waals surface area contributed by atoms with Crippen LogP contribution in [0.1, 0.15) is 13.8 Å². The van der Waals surface area contributed by atoms with Crippen LogP contribution in [-0.2, 0) is 0 Å². The Morgan fingerprint density at radius 2 is 2.08 bits per heavy atom. The fourth-order valence-corrected chi connectivity index (χ4v) is 0.993. The normalized spacial score (nSPS) is 10.4. The molecule has 0 fully saturated rings. The summed E-state index contributed by atoms with van der Waals surface area (Å²) < 4.78 is 17.9. The first-order valence-electron chi connectivity index (χ1n) is 3.71. The van der Waals surface area contributed by atoms with Gasteiger partial charge in [0.1, 0.15) is 11.6 Å². The van der Waals surface area contributed by atoms with E-state index < -0.39 is 5.82 Å². The highest BCUT2D eigenvalue weighted by Crippen LogP contribution is 2.21. The molecule has 0 bridgehead atoms. The molecule has 1 aromatic rings. The first-order valence-corrected chi connectivity index (χ1v) is 4.09. The van der Waals surface area contributed by atoms with Crippen molar-refractivity contribution in [3.05, 3.63) is 29.0 Å². The minimum atomic E-state index is -0.423. The SMILES string of the molecule is CC(C)Oc1ccc(F)c(Cl)c1. The predicted molar refractivity (Wildman–Crippen MR) is 47.2 cm³/mol. The lowest BCUT2D eigenvalue weighted by molar-refractivity contribution is 0.242. The molecule has 0 spiro atoms. The van der Waals surface area contributed by atoms with Crippen molar-refractivity contribution >= 4 is 11.6 Å². The summed E-state index contributed by atoms with van der Waals surface area (Å²) in [5.74, 6) is 0.171. The summed E-state index contributed by atoms with van der Waals surface area (Å²) in [7, 11) is 0. The van der Waals surface area contributed by atoms with Gasteiger partial charge in [0.2, 0.25) is 0 Å². The van der Waals surface area contributed by atoms with Crippen molar-refractivity contribution in [1.29, 1.82) is 0 Å². The predicted octanol–water partition coefficient (Wildman–Crippen LogP) is 3.27. The first-order chi connectivity index (χ1) is 5.59. The van der Waals surface area contributed by atoms with Crippen LogP contribution in [0, 0.1) is 5.82 Å². The van der Waals surface area contributed by atoms with Crippen LogP contribution >= 0.6 is 11.6 Å². The number of hydrogen-bond donors (Lipinski definition) is 0. The Kier molecular flexibility index (Phi) is 2.93. The van der Waals surface area contributed by atoms with E-state index in [0.29, 0.717) is 5.75 Å². The first kappa shape index (κ1) is 9.33. The molecule has 0 radical (unpaired) electrons. The molecule has 12 heavy (non-hydrogen) atoms. The second kappa shape index (κ2) is 3.76. The van der Waals surface area contributed by atoms with Crippen molar-refractivity contribution < 1.29 is 9.13 Å². The summed E-state index contributed by atoms with van der Waals surface area (Å²) >= 11 is 5.54. The van der Waals surface area contributed by atoms with Crippen molar-refractivity contribution in [2.24, 2.45) is 0 Å². The molecule has 0 amide bonds. The highest BCUT2D eigenvalue weighted by atomic mass is 35.5. The van der Waals surface area contributed by atoms with Gasteiger partial charge < -0.3 is 4.74 Å². The van der Waals surface area contributed by atoms with Crippen molar-refractivity contribution in [1.82, 2.24) is 0 Å². The van der Waals surface area contributed by atoms with Gasteiger partial charge in [-0.05, 0) is 26.0 Å². The molecular formula is C9H10ClFO. The van der Waals surface area contributed by atoms with E-state index in [4.69, 9.17) is 16.3 Å². The zero-order chi connectivity index (χ0) is 9.14. The van der Waals surface area contributed by atoms with E-state index in [1.165, 1.54) is 12.1 Å². The minimum absolute atomic E-state index is 0.0755. The zero-order valence-corrected chi connectivity index (χ0v) is 7.73. The van der Waals surface area contributed by atoms with E-state index >= 15 is 0 Å². The summed E-state index contributed by atoms with van der Waals surface area (Å²) in [5.41, 5.74) is 0. The van der Waals surface area contributed by atoms with Crippen molar-refractivity contribution in [2.45, 2.75) is 20.0 Å². The van der Waals surface area contributed by atoms with Crippen LogP contribution in [0.4, 0.5) is 4.39 Å². The maximum atomic E-state index is 12.6. The highest BCUT2D eigenvalue weighted by Gasteiger charge is 2.02. The molecule has 3 heteroatoms. The molecular weight excluding hydrogens is 179 g/mol. The molecule has 0 heterocycles. The quantitative estimate of drug-likeness (QED) is 0.692. The molecule has 0 unspecified atom stereocenters. The second-order valence-corrected chi connectivity index (χ2v) is 3.15. The molecule has 0 saturated carbocycles. The third kappa shape index (κ3) is 2.38. The summed E-state index contributed by atoms with van der Waals surface area (Å²) in [6.07, 6.45) is 0.0755. The summed E-state index contributed by atoms with van der Waals surface area (Å²) in [5, 5.41) is 0.0909. The average molecular weight is 189 g/mol. The zero-order valence-electron chi connectivity index (χ0n) is 6.97. The molecule has 0 aromatic heterocycles. The second-order valence-electron chi connectivity index (χ2n) is 2.74. The van der Waals surface area contributed by atoms with Gasteiger partial charge in [-0.3, -0.25) is 0 Å². The minimum Gasteiger partial charge on any atom is -0.491 e. The standard InChI is InChI=1S/C9H10ClFO/c1-6(2)12-7-3-4-9(11)8(10)5-7/h3-6H,1-2H3. The average Bonchev–Trinajstić information content (AvgIpc) is 1.96. The van der Waals surface area contributed by atoms with E-state index in [2.05, 4.69) is 0 Å². The summed E-state index contributed by atoms with van der Waals surface area (Å²) in [6.45, 7) is 3.80. The third-order valence-corrected chi connectivity index (χ3v) is 1.55. The van der Waals surface area contributed by atoms with Gasteiger partial charge in [-0.15, -0.1) is 0 Å². The van der Waals surface area contributed by atoms with Crippen molar-refractivity contribution in [2.75, 3.05) is 0 Å². The lowest BCUT2D eigenvalue weighted by Crippen LogP contribution is -2.05. The molecule has 0 aliphatic rings. The van der Waals surface area contributed by atoms with Crippen LogP contribution in [0.2, 0.25) is 5.02 Å². The topological polar surface area (TPSA) is 9.23 Å². The smallest absolute Gasteiger partial charge is 0.142 e. The highest BCUT2D eigenvalue weighted by molar-refractivity contribution is 6.30. The molecule has 1 aromatic carbocycles. The Hall–Kier alpha value is -0.760. The lowest BCUT2D eigenvalue weighted by Gasteiger charge is -2.09. The molecule has 1 rings (SSSR count). The Balaban J connectivity index is 2.82. The van der Waals surface area contributed by atoms with Gasteiger partial charge in [-0.2, -0.15) is 0 Å². The molecule has 0 atom stereocenters. The fourth-order valence-electron chi connectivity index (χ4n) is 0.822. The molecule has 1 nitrogen and oxygen atoms in total. The summed E-state index contributed by atoms with van der Waals surface area (Å²) in [4.78, 5) is 0. The van der Waals surface area contributed by atoms with Crippen LogP contribution in [0.15, 0.2) is 18.2 Å². The Labute approximate surface area is 76.1 Å². The largest absolute Gasteiger partial charge is 0.491 e. The van der Waals surface area contributed by atoms with E-state index in [1.54, 1.807) is 6.07 Å². The van der Waals surface area contributed by atoms with Gasteiger partial charge >= 0.3 is 0 Å². The number of ether oxygens (including phenoxy) is 1. The molecule has 0 aliphatic carbocycles. The Bertz CT molecular complexity index is 273. The van der Waals surface area contributed by atoms with Crippen LogP contribution in [0.5, 0.6) is 5.75 Å². The van der Waals surface area contributed by atoms with Crippen LogP contribution in [-0.4, -0.2) is 6.10 Å². The maximum absolute atomic E-state index is 12.6. The van der Waals surface area contributed by atoms with E-state index in [-0.39, 0.29) is 11.1 Å². The molecule has 0 N–H and O–H groups in total. The Morgan fingerprint density at radius 1 is 1.42 bits per heavy atom. The van der Waals surface area contributed by atoms with Crippen molar-refractivity contribution in [3.8, 4) is 5.75 Å². The summed E-state index contributed by atoms with van der Waals surface area (Å²) in [6, 6.07) is 4.32. The third-order valence-electron chi connectivity index (χ3n) is 1.26. The van der Waals surface area contributed by atoms with Crippen LogP contribution in [0.3, 0.4) is 0 Å². The van der Waals surface area contributed by atoms with E-state index in [0.717, 1.165) is 0 Å². The number of hydrogen-bond acceptors (Lipinski definition) is 1.